The van der Waals surface area contributed by atoms with E-state index in [0.717, 1.165) is 18.4 Å². The zero-order valence-electron chi connectivity index (χ0n) is 15.5. The fraction of sp³-hybridized carbons (Fsp3) is 0.474. The van der Waals surface area contributed by atoms with Crippen LogP contribution in [0.5, 0.6) is 5.75 Å². The van der Waals surface area contributed by atoms with Gasteiger partial charge in [0.05, 0.1) is 13.5 Å². The van der Waals surface area contributed by atoms with Crippen LogP contribution in [0.3, 0.4) is 0 Å². The van der Waals surface area contributed by atoms with Crippen molar-refractivity contribution < 1.29 is 27.8 Å². The van der Waals surface area contributed by atoms with Crippen molar-refractivity contribution in [3.8, 4) is 5.75 Å². The van der Waals surface area contributed by atoms with Gasteiger partial charge in [0, 0.05) is 23.7 Å². The Morgan fingerprint density at radius 3 is 2.43 bits per heavy atom. The third kappa shape index (κ3) is 4.30. The monoisotopic (exact) mass is 414 g/mol. The van der Waals surface area contributed by atoms with Crippen molar-refractivity contribution in [3.05, 3.63) is 45.9 Å². The Labute approximate surface area is 164 Å². The molecule has 2 aromatic rings. The van der Waals surface area contributed by atoms with Gasteiger partial charge in [0.1, 0.15) is 10.8 Å². The number of nitrogens with zero attached hydrogens (tertiary/aromatic N) is 2. The molecular formula is C19H21F3N2O3S. The Bertz CT molecular complexity index is 834. The molecule has 5 nitrogen and oxygen atoms in total. The minimum atomic E-state index is -5.01. The van der Waals surface area contributed by atoms with Crippen molar-refractivity contribution in [2.75, 3.05) is 7.11 Å². The second-order valence-electron chi connectivity index (χ2n) is 6.93. The summed E-state index contributed by atoms with van der Waals surface area (Å²) >= 11 is 0.703. The van der Waals surface area contributed by atoms with Crippen LogP contribution in [0.1, 0.15) is 35.5 Å². The second kappa shape index (κ2) is 7.71. The quantitative estimate of drug-likeness (QED) is 0.749. The highest BCUT2D eigenvalue weighted by Gasteiger charge is 2.58. The van der Waals surface area contributed by atoms with Gasteiger partial charge in [-0.25, -0.2) is 4.98 Å². The fourth-order valence-corrected chi connectivity index (χ4v) is 3.81. The molecule has 1 fully saturated rings. The van der Waals surface area contributed by atoms with Crippen molar-refractivity contribution in [2.24, 2.45) is 0 Å². The van der Waals surface area contributed by atoms with Gasteiger partial charge in [0.15, 0.2) is 0 Å². The number of aryl methyl sites for hydroxylation is 1. The van der Waals surface area contributed by atoms with Crippen LogP contribution in [0.2, 0.25) is 0 Å². The Kier molecular flexibility index (Phi) is 5.67. The third-order valence-corrected chi connectivity index (χ3v) is 5.78. The average molecular weight is 414 g/mol. The molecule has 1 heterocycles. The van der Waals surface area contributed by atoms with Gasteiger partial charge < -0.3 is 14.7 Å². The van der Waals surface area contributed by atoms with Gasteiger partial charge in [0.2, 0.25) is 11.5 Å². The molecule has 1 N–H and O–H groups in total. The lowest BCUT2D eigenvalue weighted by Gasteiger charge is -2.31. The van der Waals surface area contributed by atoms with Crippen LogP contribution in [-0.4, -0.2) is 40.2 Å². The number of benzene rings is 1. The molecule has 9 heteroatoms. The topological polar surface area (TPSA) is 62.7 Å². The van der Waals surface area contributed by atoms with Crippen LogP contribution in [0.15, 0.2) is 29.6 Å². The second-order valence-corrected chi connectivity index (χ2v) is 7.79. The zero-order chi connectivity index (χ0) is 20.5. The Morgan fingerprint density at radius 2 is 1.96 bits per heavy atom. The van der Waals surface area contributed by atoms with Crippen LogP contribution in [0.4, 0.5) is 13.2 Å². The molecule has 1 aliphatic rings. The van der Waals surface area contributed by atoms with Gasteiger partial charge in [-0.15, -0.1) is 11.3 Å². The summed E-state index contributed by atoms with van der Waals surface area (Å²) in [5.41, 5.74) is -2.15. The molecule has 0 aliphatic heterocycles. The standard InChI is InChI=1S/C19H21F3N2O3S/c1-12-11-28-17(23-12)18(26,19(20,21)22)9-16(25)24(14-5-6-14)10-13-3-7-15(27-2)8-4-13/h3-4,7-8,11,14,26H,5-6,9-10H2,1-2H3. The number of amides is 1. The molecule has 3 rings (SSSR count). The molecule has 1 unspecified atom stereocenters. The van der Waals surface area contributed by atoms with Crippen LogP contribution in [-0.2, 0) is 16.9 Å². The van der Waals surface area contributed by atoms with Crippen LogP contribution in [0, 0.1) is 6.92 Å². The van der Waals surface area contributed by atoms with E-state index in [9.17, 15) is 23.1 Å². The first-order valence-corrected chi connectivity index (χ1v) is 9.66. The largest absolute Gasteiger partial charge is 0.497 e. The molecule has 1 amide bonds. The number of ether oxygens (including phenoxy) is 1. The van der Waals surface area contributed by atoms with Crippen molar-refractivity contribution >= 4 is 17.2 Å². The van der Waals surface area contributed by atoms with Gasteiger partial charge >= 0.3 is 6.18 Å². The molecule has 0 radical (unpaired) electrons. The molecule has 1 aromatic carbocycles. The molecule has 0 spiro atoms. The normalized spacial score (nSPS) is 16.5. The summed E-state index contributed by atoms with van der Waals surface area (Å²) in [5.74, 6) is -0.0929. The van der Waals surface area contributed by atoms with E-state index < -0.39 is 29.1 Å². The first-order valence-electron chi connectivity index (χ1n) is 8.78. The van der Waals surface area contributed by atoms with Crippen molar-refractivity contribution in [1.29, 1.82) is 0 Å². The first-order chi connectivity index (χ1) is 13.1. The lowest BCUT2D eigenvalue weighted by Crippen LogP contribution is -2.47. The molecule has 1 aromatic heterocycles. The average Bonchev–Trinajstić information content (AvgIpc) is 3.38. The van der Waals surface area contributed by atoms with Gasteiger partial charge in [0.25, 0.3) is 0 Å². The number of alkyl halides is 3. The molecular weight excluding hydrogens is 393 g/mol. The number of methoxy groups -OCH3 is 1. The third-order valence-electron chi connectivity index (χ3n) is 4.67. The van der Waals surface area contributed by atoms with Crippen LogP contribution >= 0.6 is 11.3 Å². The van der Waals surface area contributed by atoms with Crippen molar-refractivity contribution in [3.63, 3.8) is 0 Å². The van der Waals surface area contributed by atoms with Gasteiger partial charge in [-0.2, -0.15) is 13.2 Å². The predicted molar refractivity (Wildman–Crippen MR) is 98.0 cm³/mol. The van der Waals surface area contributed by atoms with Crippen LogP contribution in [0.25, 0.3) is 0 Å². The maximum absolute atomic E-state index is 13.7. The maximum Gasteiger partial charge on any atom is 0.424 e. The Balaban J connectivity index is 1.82. The summed E-state index contributed by atoms with van der Waals surface area (Å²) in [6, 6.07) is 6.89. The van der Waals surface area contributed by atoms with Gasteiger partial charge in [-0.3, -0.25) is 4.79 Å². The highest BCUT2D eigenvalue weighted by atomic mass is 32.1. The van der Waals surface area contributed by atoms with E-state index in [0.29, 0.717) is 22.8 Å². The molecule has 0 bridgehead atoms. The molecule has 1 atom stereocenters. The Morgan fingerprint density at radius 1 is 1.32 bits per heavy atom. The van der Waals surface area contributed by atoms with E-state index in [-0.39, 0.29) is 12.6 Å². The lowest BCUT2D eigenvalue weighted by atomic mass is 9.98. The predicted octanol–water partition coefficient (Wildman–Crippen LogP) is 3.79. The highest BCUT2D eigenvalue weighted by Crippen LogP contribution is 2.44. The van der Waals surface area contributed by atoms with Gasteiger partial charge in [-0.1, -0.05) is 12.1 Å². The number of aliphatic hydroxyl groups is 1. The van der Waals surface area contributed by atoms with E-state index in [1.54, 1.807) is 31.2 Å². The van der Waals surface area contributed by atoms with Crippen molar-refractivity contribution in [1.82, 2.24) is 9.88 Å². The fourth-order valence-electron chi connectivity index (χ4n) is 2.90. The smallest absolute Gasteiger partial charge is 0.424 e. The summed E-state index contributed by atoms with van der Waals surface area (Å²) in [6.07, 6.45) is -4.62. The molecule has 28 heavy (non-hydrogen) atoms. The lowest BCUT2D eigenvalue weighted by molar-refractivity contribution is -0.268. The highest BCUT2D eigenvalue weighted by molar-refractivity contribution is 7.09. The number of aromatic nitrogens is 1. The molecule has 0 saturated heterocycles. The summed E-state index contributed by atoms with van der Waals surface area (Å²) < 4.78 is 46.1. The number of hydrogen-bond donors (Lipinski definition) is 1. The van der Waals surface area contributed by atoms with Crippen molar-refractivity contribution in [2.45, 2.75) is 50.6 Å². The zero-order valence-corrected chi connectivity index (χ0v) is 16.3. The Hall–Kier alpha value is -2.13. The minimum absolute atomic E-state index is 0.106. The number of halogens is 3. The molecule has 1 aliphatic carbocycles. The van der Waals surface area contributed by atoms with E-state index in [1.165, 1.54) is 17.4 Å². The van der Waals surface area contributed by atoms with E-state index in [2.05, 4.69) is 4.98 Å². The summed E-state index contributed by atoms with van der Waals surface area (Å²) in [5, 5.41) is 11.4. The molecule has 152 valence electrons. The minimum Gasteiger partial charge on any atom is -0.497 e. The van der Waals surface area contributed by atoms with Gasteiger partial charge in [-0.05, 0) is 37.5 Å². The number of thiazole rings is 1. The SMILES string of the molecule is COc1ccc(CN(C(=O)CC(O)(c2nc(C)cs2)C(F)(F)F)C2CC2)cc1. The number of hydrogen-bond acceptors (Lipinski definition) is 5. The number of carbonyl (C=O) groups excluding carboxylic acids is 1. The summed E-state index contributed by atoms with van der Waals surface area (Å²) in [4.78, 5) is 18.0. The summed E-state index contributed by atoms with van der Waals surface area (Å²) in [7, 11) is 1.54. The maximum atomic E-state index is 13.7. The summed E-state index contributed by atoms with van der Waals surface area (Å²) in [6.45, 7) is 1.72. The van der Waals surface area contributed by atoms with Crippen LogP contribution < -0.4 is 4.74 Å². The van der Waals surface area contributed by atoms with E-state index in [1.807, 2.05) is 0 Å². The first kappa shape index (κ1) is 20.6. The van der Waals surface area contributed by atoms with E-state index in [4.69, 9.17) is 4.74 Å². The number of rotatable bonds is 7. The molecule has 1 saturated carbocycles. The van der Waals surface area contributed by atoms with E-state index >= 15 is 0 Å². The number of carbonyl (C=O) groups is 1.